The Morgan fingerprint density at radius 1 is 1.55 bits per heavy atom. The molecule has 2 nitrogen and oxygen atoms in total. The molecule has 0 amide bonds. The third kappa shape index (κ3) is 1.43. The van der Waals surface area contributed by atoms with Gasteiger partial charge in [0.2, 0.25) is 0 Å². The van der Waals surface area contributed by atoms with E-state index in [0.29, 0.717) is 4.64 Å². The van der Waals surface area contributed by atoms with Gasteiger partial charge in [-0.15, -0.1) is 0 Å². The zero-order valence-corrected chi connectivity index (χ0v) is 7.48. The van der Waals surface area contributed by atoms with Crippen molar-refractivity contribution in [3.8, 4) is 0 Å². The van der Waals surface area contributed by atoms with Gasteiger partial charge in [-0.3, -0.25) is 0 Å². The molecule has 0 aliphatic carbocycles. The molecule has 3 heteroatoms. The largest absolute Gasteiger partial charge is 0.427 e. The SMILES string of the molecule is CCc1ccc(C)n(O)c1=S. The average molecular weight is 169 g/mol. The molecule has 0 radical (unpaired) electrons. The minimum absolute atomic E-state index is 0.521. The minimum Gasteiger partial charge on any atom is -0.427 e. The number of nitrogens with zero attached hydrogens (tertiary/aromatic N) is 1. The molecule has 1 heterocycles. The quantitative estimate of drug-likeness (QED) is 0.515. The maximum Gasteiger partial charge on any atom is 0.145 e. The van der Waals surface area contributed by atoms with Gasteiger partial charge in [-0.25, -0.2) is 0 Å². The van der Waals surface area contributed by atoms with Gasteiger partial charge in [0.05, 0.1) is 5.69 Å². The van der Waals surface area contributed by atoms with Crippen LogP contribution >= 0.6 is 12.2 Å². The normalized spacial score (nSPS) is 10.0. The first-order valence-corrected chi connectivity index (χ1v) is 3.98. The van der Waals surface area contributed by atoms with Gasteiger partial charge in [0, 0.05) is 0 Å². The summed E-state index contributed by atoms with van der Waals surface area (Å²) in [5.74, 6) is 0. The molecule has 0 spiro atoms. The smallest absolute Gasteiger partial charge is 0.145 e. The zero-order chi connectivity index (χ0) is 8.43. The Balaban J connectivity index is 3.37. The Labute approximate surface area is 71.1 Å². The van der Waals surface area contributed by atoms with Crippen LogP contribution in [0, 0.1) is 11.6 Å². The zero-order valence-electron chi connectivity index (χ0n) is 6.66. The van der Waals surface area contributed by atoms with Crippen LogP contribution in [0.2, 0.25) is 0 Å². The second-order valence-corrected chi connectivity index (χ2v) is 2.86. The molecule has 0 aliphatic heterocycles. The van der Waals surface area contributed by atoms with E-state index in [2.05, 4.69) is 0 Å². The first-order chi connectivity index (χ1) is 5.16. The Morgan fingerprint density at radius 3 is 2.73 bits per heavy atom. The summed E-state index contributed by atoms with van der Waals surface area (Å²) in [6, 6.07) is 3.80. The summed E-state index contributed by atoms with van der Waals surface area (Å²) in [7, 11) is 0. The van der Waals surface area contributed by atoms with Gasteiger partial charge < -0.3 is 5.21 Å². The Bertz CT molecular complexity index is 316. The van der Waals surface area contributed by atoms with Crippen molar-refractivity contribution in [3.05, 3.63) is 28.0 Å². The van der Waals surface area contributed by atoms with Crippen LogP contribution < -0.4 is 0 Å². The average Bonchev–Trinajstić information content (AvgIpc) is 2.01. The van der Waals surface area contributed by atoms with Gasteiger partial charge in [-0.1, -0.05) is 25.2 Å². The van der Waals surface area contributed by atoms with Gasteiger partial charge in [0.15, 0.2) is 0 Å². The maximum atomic E-state index is 9.33. The lowest BCUT2D eigenvalue weighted by Gasteiger charge is -2.04. The molecule has 0 saturated carbocycles. The lowest BCUT2D eigenvalue weighted by Crippen LogP contribution is -2.01. The van der Waals surface area contributed by atoms with E-state index < -0.39 is 0 Å². The third-order valence-corrected chi connectivity index (χ3v) is 2.14. The fourth-order valence-corrected chi connectivity index (χ4v) is 1.28. The number of aryl methyl sites for hydroxylation is 2. The molecule has 0 bridgehead atoms. The van der Waals surface area contributed by atoms with Crippen molar-refractivity contribution in [1.82, 2.24) is 4.73 Å². The fourth-order valence-electron chi connectivity index (χ4n) is 0.928. The van der Waals surface area contributed by atoms with Crippen LogP contribution in [0.5, 0.6) is 0 Å². The van der Waals surface area contributed by atoms with Crippen LogP contribution in [0.1, 0.15) is 18.2 Å². The molecular formula is C8H11NOS. The van der Waals surface area contributed by atoms with Gasteiger partial charge in [0.25, 0.3) is 0 Å². The molecule has 1 rings (SSSR count). The molecule has 60 valence electrons. The Hall–Kier alpha value is -0.830. The number of pyridine rings is 1. The van der Waals surface area contributed by atoms with E-state index in [9.17, 15) is 5.21 Å². The van der Waals surface area contributed by atoms with Crippen LogP contribution in [0.25, 0.3) is 0 Å². The second-order valence-electron chi connectivity index (χ2n) is 2.47. The molecule has 0 atom stereocenters. The van der Waals surface area contributed by atoms with Crippen molar-refractivity contribution in [2.45, 2.75) is 20.3 Å². The summed E-state index contributed by atoms with van der Waals surface area (Å²) in [6.45, 7) is 3.83. The van der Waals surface area contributed by atoms with Crippen molar-refractivity contribution < 1.29 is 5.21 Å². The van der Waals surface area contributed by atoms with Crippen LogP contribution in [0.15, 0.2) is 12.1 Å². The highest BCUT2D eigenvalue weighted by molar-refractivity contribution is 7.71. The number of aromatic nitrogens is 1. The van der Waals surface area contributed by atoms with Crippen molar-refractivity contribution in [2.75, 3.05) is 0 Å². The van der Waals surface area contributed by atoms with Crippen molar-refractivity contribution >= 4 is 12.2 Å². The van der Waals surface area contributed by atoms with Crippen LogP contribution in [-0.4, -0.2) is 9.94 Å². The molecule has 1 aromatic rings. The highest BCUT2D eigenvalue weighted by atomic mass is 32.1. The summed E-state index contributed by atoms with van der Waals surface area (Å²) >= 11 is 4.99. The molecule has 1 N–H and O–H groups in total. The summed E-state index contributed by atoms with van der Waals surface area (Å²) < 4.78 is 1.57. The lowest BCUT2D eigenvalue weighted by atomic mass is 10.2. The highest BCUT2D eigenvalue weighted by Gasteiger charge is 1.97. The van der Waals surface area contributed by atoms with E-state index in [0.717, 1.165) is 22.4 Å². The number of hydrogen-bond acceptors (Lipinski definition) is 2. The molecular weight excluding hydrogens is 158 g/mol. The number of rotatable bonds is 1. The molecule has 1 aromatic heterocycles. The van der Waals surface area contributed by atoms with E-state index in [1.54, 1.807) is 0 Å². The fraction of sp³-hybridized carbons (Fsp3) is 0.375. The lowest BCUT2D eigenvalue weighted by molar-refractivity contribution is 0.173. The van der Waals surface area contributed by atoms with Gasteiger partial charge in [-0.2, -0.15) is 4.73 Å². The van der Waals surface area contributed by atoms with Crippen LogP contribution in [0.4, 0.5) is 0 Å². The van der Waals surface area contributed by atoms with Crippen LogP contribution in [0.3, 0.4) is 0 Å². The first-order valence-electron chi connectivity index (χ1n) is 3.57. The van der Waals surface area contributed by atoms with Gasteiger partial charge in [0.1, 0.15) is 4.64 Å². The van der Waals surface area contributed by atoms with Crippen molar-refractivity contribution in [2.24, 2.45) is 0 Å². The predicted molar refractivity (Wildman–Crippen MR) is 46.6 cm³/mol. The Morgan fingerprint density at radius 2 is 2.18 bits per heavy atom. The minimum atomic E-state index is 0.521. The van der Waals surface area contributed by atoms with E-state index >= 15 is 0 Å². The summed E-state index contributed by atoms with van der Waals surface area (Å²) in [5.41, 5.74) is 1.78. The predicted octanol–water partition coefficient (Wildman–Crippen LogP) is 2.33. The van der Waals surface area contributed by atoms with Crippen molar-refractivity contribution in [3.63, 3.8) is 0 Å². The van der Waals surface area contributed by atoms with Gasteiger partial charge in [-0.05, 0) is 25.0 Å². The molecule has 0 saturated heterocycles. The highest BCUT2D eigenvalue weighted by Crippen LogP contribution is 2.05. The topological polar surface area (TPSA) is 25.2 Å². The monoisotopic (exact) mass is 169 g/mol. The maximum absolute atomic E-state index is 9.33. The Kier molecular flexibility index (Phi) is 2.29. The van der Waals surface area contributed by atoms with Crippen LogP contribution in [-0.2, 0) is 6.42 Å². The summed E-state index contributed by atoms with van der Waals surface area (Å²) in [6.07, 6.45) is 0.861. The van der Waals surface area contributed by atoms with Crippen molar-refractivity contribution in [1.29, 1.82) is 0 Å². The molecule has 0 aliphatic rings. The van der Waals surface area contributed by atoms with E-state index in [-0.39, 0.29) is 0 Å². The van der Waals surface area contributed by atoms with E-state index in [1.807, 2.05) is 26.0 Å². The van der Waals surface area contributed by atoms with E-state index in [4.69, 9.17) is 12.2 Å². The summed E-state index contributed by atoms with van der Waals surface area (Å²) in [5, 5.41) is 9.33. The molecule has 0 fully saturated rings. The summed E-state index contributed by atoms with van der Waals surface area (Å²) in [4.78, 5) is 0. The number of hydrogen-bond donors (Lipinski definition) is 1. The van der Waals surface area contributed by atoms with Gasteiger partial charge >= 0.3 is 0 Å². The molecule has 0 unspecified atom stereocenters. The standard InChI is InChI=1S/C8H11NOS/c1-3-7-5-4-6(2)9(10)8(7)11/h4-5,10H,3H2,1-2H3. The third-order valence-electron chi connectivity index (χ3n) is 1.71. The molecule has 0 aromatic carbocycles. The van der Waals surface area contributed by atoms with E-state index in [1.165, 1.54) is 0 Å². The second kappa shape index (κ2) is 3.05. The first kappa shape index (κ1) is 8.27. The molecule has 11 heavy (non-hydrogen) atoms.